The van der Waals surface area contributed by atoms with E-state index < -0.39 is 0 Å². The second kappa shape index (κ2) is 8.75. The highest BCUT2D eigenvalue weighted by molar-refractivity contribution is 5.77. The van der Waals surface area contributed by atoms with Crippen LogP contribution in [-0.2, 0) is 16.1 Å². The molecule has 0 spiro atoms. The summed E-state index contributed by atoms with van der Waals surface area (Å²) in [6.07, 6.45) is 0. The zero-order chi connectivity index (χ0) is 15.0. The fourth-order valence-corrected chi connectivity index (χ4v) is 2.36. The summed E-state index contributed by atoms with van der Waals surface area (Å²) in [6, 6.07) is 9.88. The minimum absolute atomic E-state index is 0.0350. The fraction of sp³-hybridized carbons (Fsp3) is 0.588. The summed E-state index contributed by atoms with van der Waals surface area (Å²) in [5, 5.41) is 2.97. The summed E-state index contributed by atoms with van der Waals surface area (Å²) in [6.45, 7) is 10.1. The van der Waals surface area contributed by atoms with E-state index in [1.54, 1.807) is 0 Å². The number of nitrogens with one attached hydrogen (secondary N) is 1. The van der Waals surface area contributed by atoms with Crippen molar-refractivity contribution in [2.45, 2.75) is 34.3 Å². The van der Waals surface area contributed by atoms with Gasteiger partial charge in [0, 0.05) is 6.54 Å². The lowest BCUT2D eigenvalue weighted by Gasteiger charge is -2.25. The molecule has 1 N–H and O–H groups in total. The van der Waals surface area contributed by atoms with Gasteiger partial charge in [-0.05, 0) is 23.3 Å². The molecule has 0 saturated heterocycles. The van der Waals surface area contributed by atoms with Crippen molar-refractivity contribution >= 4 is 5.91 Å². The van der Waals surface area contributed by atoms with Crippen molar-refractivity contribution in [3.05, 3.63) is 35.9 Å². The van der Waals surface area contributed by atoms with E-state index in [0.29, 0.717) is 24.4 Å². The van der Waals surface area contributed by atoms with Gasteiger partial charge in [0.25, 0.3) is 0 Å². The molecule has 1 aromatic carbocycles. The molecule has 0 saturated carbocycles. The number of amides is 1. The van der Waals surface area contributed by atoms with Gasteiger partial charge in [-0.25, -0.2) is 0 Å². The van der Waals surface area contributed by atoms with Gasteiger partial charge in [-0.15, -0.1) is 0 Å². The summed E-state index contributed by atoms with van der Waals surface area (Å²) in [5.41, 5.74) is 1.09. The number of hydrogen-bond donors (Lipinski definition) is 1. The van der Waals surface area contributed by atoms with E-state index in [1.807, 2.05) is 30.3 Å². The number of ether oxygens (including phenoxy) is 1. The zero-order valence-corrected chi connectivity index (χ0v) is 13.1. The quantitative estimate of drug-likeness (QED) is 0.792. The summed E-state index contributed by atoms with van der Waals surface area (Å²) < 4.78 is 5.42. The maximum absolute atomic E-state index is 11.7. The maximum atomic E-state index is 11.7. The highest BCUT2D eigenvalue weighted by Crippen LogP contribution is 2.19. The van der Waals surface area contributed by atoms with Crippen LogP contribution < -0.4 is 5.32 Å². The molecule has 1 rings (SSSR count). The number of benzene rings is 1. The summed E-state index contributed by atoms with van der Waals surface area (Å²) >= 11 is 0. The van der Waals surface area contributed by atoms with Crippen LogP contribution in [0.25, 0.3) is 0 Å². The Morgan fingerprint density at radius 3 is 2.25 bits per heavy atom. The number of hydrogen-bond acceptors (Lipinski definition) is 2. The average molecular weight is 277 g/mol. The van der Waals surface area contributed by atoms with Crippen LogP contribution in [0.1, 0.15) is 33.3 Å². The van der Waals surface area contributed by atoms with Crippen LogP contribution in [0.5, 0.6) is 0 Å². The van der Waals surface area contributed by atoms with Gasteiger partial charge < -0.3 is 10.1 Å². The van der Waals surface area contributed by atoms with E-state index >= 15 is 0 Å². The van der Waals surface area contributed by atoms with Gasteiger partial charge in [0.2, 0.25) is 5.91 Å². The molecule has 112 valence electrons. The Morgan fingerprint density at radius 1 is 1.10 bits per heavy atom. The molecule has 3 heteroatoms. The van der Waals surface area contributed by atoms with E-state index in [-0.39, 0.29) is 12.5 Å². The average Bonchev–Trinajstić information content (AvgIpc) is 2.39. The van der Waals surface area contributed by atoms with E-state index in [2.05, 4.69) is 33.0 Å². The molecule has 0 aliphatic rings. The SMILES string of the molecule is CC(C)C(CNC(=O)COCc1ccccc1)C(C)C. The Hall–Kier alpha value is -1.35. The molecular formula is C17H27NO2. The third-order valence-corrected chi connectivity index (χ3v) is 3.59. The Kier molecular flexibility index (Phi) is 7.31. The molecule has 0 heterocycles. The number of rotatable bonds is 8. The van der Waals surface area contributed by atoms with Crippen LogP contribution in [0.2, 0.25) is 0 Å². The summed E-state index contributed by atoms with van der Waals surface area (Å²) in [5.74, 6) is 1.61. The first kappa shape index (κ1) is 16.7. The molecule has 3 nitrogen and oxygen atoms in total. The Morgan fingerprint density at radius 2 is 1.70 bits per heavy atom. The van der Waals surface area contributed by atoms with Crippen LogP contribution in [0.3, 0.4) is 0 Å². The summed E-state index contributed by atoms with van der Waals surface area (Å²) in [4.78, 5) is 11.7. The lowest BCUT2D eigenvalue weighted by atomic mass is 9.85. The van der Waals surface area contributed by atoms with E-state index in [0.717, 1.165) is 12.1 Å². The topological polar surface area (TPSA) is 38.3 Å². The third kappa shape index (κ3) is 6.20. The molecular weight excluding hydrogens is 250 g/mol. The fourth-order valence-electron chi connectivity index (χ4n) is 2.36. The van der Waals surface area contributed by atoms with E-state index in [9.17, 15) is 4.79 Å². The molecule has 20 heavy (non-hydrogen) atoms. The van der Waals surface area contributed by atoms with Crippen molar-refractivity contribution in [3.63, 3.8) is 0 Å². The number of carbonyl (C=O) groups is 1. The highest BCUT2D eigenvalue weighted by Gasteiger charge is 2.18. The minimum Gasteiger partial charge on any atom is -0.367 e. The van der Waals surface area contributed by atoms with Crippen LogP contribution in [-0.4, -0.2) is 19.1 Å². The minimum atomic E-state index is -0.0350. The van der Waals surface area contributed by atoms with Crippen LogP contribution in [0, 0.1) is 17.8 Å². The highest BCUT2D eigenvalue weighted by atomic mass is 16.5. The van der Waals surface area contributed by atoms with Crippen molar-refractivity contribution in [3.8, 4) is 0 Å². The molecule has 0 atom stereocenters. The largest absolute Gasteiger partial charge is 0.367 e. The Bertz CT molecular complexity index is 379. The van der Waals surface area contributed by atoms with Crippen LogP contribution >= 0.6 is 0 Å². The van der Waals surface area contributed by atoms with Crippen molar-refractivity contribution in [1.29, 1.82) is 0 Å². The lowest BCUT2D eigenvalue weighted by molar-refractivity contribution is -0.126. The van der Waals surface area contributed by atoms with E-state index in [1.165, 1.54) is 0 Å². The lowest BCUT2D eigenvalue weighted by Crippen LogP contribution is -2.35. The Labute approximate surface area is 122 Å². The molecule has 0 unspecified atom stereocenters. The smallest absolute Gasteiger partial charge is 0.246 e. The molecule has 0 fully saturated rings. The molecule has 0 aliphatic carbocycles. The van der Waals surface area contributed by atoms with Gasteiger partial charge in [0.1, 0.15) is 6.61 Å². The first-order valence-electron chi connectivity index (χ1n) is 7.39. The van der Waals surface area contributed by atoms with E-state index in [4.69, 9.17) is 4.74 Å². The monoisotopic (exact) mass is 277 g/mol. The molecule has 1 aromatic rings. The van der Waals surface area contributed by atoms with Gasteiger partial charge in [-0.2, -0.15) is 0 Å². The zero-order valence-electron chi connectivity index (χ0n) is 13.1. The second-order valence-electron chi connectivity index (χ2n) is 5.93. The van der Waals surface area contributed by atoms with Crippen molar-refractivity contribution in [1.82, 2.24) is 5.32 Å². The number of carbonyl (C=O) groups excluding carboxylic acids is 1. The molecule has 0 aromatic heterocycles. The normalized spacial score (nSPS) is 11.3. The van der Waals surface area contributed by atoms with Gasteiger partial charge in [-0.3, -0.25) is 4.79 Å². The summed E-state index contributed by atoms with van der Waals surface area (Å²) in [7, 11) is 0. The molecule has 0 aliphatic heterocycles. The first-order valence-corrected chi connectivity index (χ1v) is 7.39. The predicted molar refractivity (Wildman–Crippen MR) is 82.3 cm³/mol. The standard InChI is InChI=1S/C17H27NO2/c1-13(2)16(14(3)4)10-18-17(19)12-20-11-15-8-6-5-7-9-15/h5-9,13-14,16H,10-12H2,1-4H3,(H,18,19). The van der Waals surface area contributed by atoms with Gasteiger partial charge in [-0.1, -0.05) is 58.0 Å². The first-order chi connectivity index (χ1) is 9.50. The van der Waals surface area contributed by atoms with Crippen molar-refractivity contribution in [2.75, 3.05) is 13.2 Å². The molecule has 0 radical (unpaired) electrons. The predicted octanol–water partition coefficient (Wildman–Crippen LogP) is 3.25. The third-order valence-electron chi connectivity index (χ3n) is 3.59. The maximum Gasteiger partial charge on any atom is 0.246 e. The van der Waals surface area contributed by atoms with Crippen LogP contribution in [0.15, 0.2) is 30.3 Å². The van der Waals surface area contributed by atoms with Gasteiger partial charge in [0.15, 0.2) is 0 Å². The van der Waals surface area contributed by atoms with Crippen LogP contribution in [0.4, 0.5) is 0 Å². The van der Waals surface area contributed by atoms with Gasteiger partial charge >= 0.3 is 0 Å². The van der Waals surface area contributed by atoms with Crippen molar-refractivity contribution < 1.29 is 9.53 Å². The Balaban J connectivity index is 2.23. The van der Waals surface area contributed by atoms with Gasteiger partial charge in [0.05, 0.1) is 6.61 Å². The molecule has 0 bridgehead atoms. The second-order valence-corrected chi connectivity index (χ2v) is 5.93. The molecule has 1 amide bonds. The van der Waals surface area contributed by atoms with Crippen molar-refractivity contribution in [2.24, 2.45) is 17.8 Å².